The van der Waals surface area contributed by atoms with Gasteiger partial charge < -0.3 is 20.3 Å². The Morgan fingerprint density at radius 2 is 2.00 bits per heavy atom. The Kier molecular flexibility index (Phi) is 5.95. The SMILES string of the molecule is COc1ccc(NC(=O)N(Cc2nc(C(=O)NC3CC3)cs2)C(C)C)cc1. The zero-order chi connectivity index (χ0) is 19.4. The van der Waals surface area contributed by atoms with Crippen molar-refractivity contribution in [2.75, 3.05) is 12.4 Å². The fourth-order valence-electron chi connectivity index (χ4n) is 2.48. The lowest BCUT2D eigenvalue weighted by Gasteiger charge is -2.26. The summed E-state index contributed by atoms with van der Waals surface area (Å²) in [7, 11) is 1.60. The van der Waals surface area contributed by atoms with Crippen molar-refractivity contribution < 1.29 is 14.3 Å². The minimum atomic E-state index is -0.214. The molecular formula is C19H24N4O3S. The average Bonchev–Trinajstić information content (AvgIpc) is 3.33. The standard InChI is InChI=1S/C19H24N4O3S/c1-12(2)23(19(25)21-14-6-8-15(26-3)9-7-14)10-17-22-16(11-27-17)18(24)20-13-4-5-13/h6-9,11-13H,4-5,10H2,1-3H3,(H,20,24)(H,21,25). The number of hydrogen-bond acceptors (Lipinski definition) is 5. The average molecular weight is 388 g/mol. The first-order chi connectivity index (χ1) is 13.0. The molecule has 1 fully saturated rings. The maximum absolute atomic E-state index is 12.7. The van der Waals surface area contributed by atoms with Crippen LogP contribution in [0, 0.1) is 0 Å². The van der Waals surface area contributed by atoms with E-state index in [2.05, 4.69) is 15.6 Å². The predicted octanol–water partition coefficient (Wildman–Crippen LogP) is 3.49. The molecule has 27 heavy (non-hydrogen) atoms. The van der Waals surface area contributed by atoms with E-state index >= 15 is 0 Å². The third-order valence-corrected chi connectivity index (χ3v) is 5.06. The van der Waals surface area contributed by atoms with E-state index in [1.165, 1.54) is 11.3 Å². The fraction of sp³-hybridized carbons (Fsp3) is 0.421. The van der Waals surface area contributed by atoms with E-state index in [0.717, 1.165) is 23.6 Å². The topological polar surface area (TPSA) is 83.6 Å². The summed E-state index contributed by atoms with van der Waals surface area (Å²) >= 11 is 1.39. The van der Waals surface area contributed by atoms with Crippen LogP contribution < -0.4 is 15.4 Å². The summed E-state index contributed by atoms with van der Waals surface area (Å²) in [4.78, 5) is 30.9. The maximum atomic E-state index is 12.7. The summed E-state index contributed by atoms with van der Waals surface area (Å²) in [6, 6.07) is 7.23. The molecule has 1 aromatic carbocycles. The molecule has 1 aliphatic rings. The van der Waals surface area contributed by atoms with Gasteiger partial charge in [0.2, 0.25) is 0 Å². The molecule has 0 saturated heterocycles. The number of carbonyl (C=O) groups excluding carboxylic acids is 2. The van der Waals surface area contributed by atoms with Crippen molar-refractivity contribution in [1.29, 1.82) is 0 Å². The number of carbonyl (C=O) groups is 2. The largest absolute Gasteiger partial charge is 0.497 e. The van der Waals surface area contributed by atoms with E-state index in [1.54, 1.807) is 41.7 Å². The minimum absolute atomic E-state index is 0.0177. The Morgan fingerprint density at radius 1 is 1.30 bits per heavy atom. The molecule has 7 nitrogen and oxygen atoms in total. The number of ether oxygens (including phenoxy) is 1. The smallest absolute Gasteiger partial charge is 0.322 e. The maximum Gasteiger partial charge on any atom is 0.322 e. The number of nitrogens with zero attached hydrogens (tertiary/aromatic N) is 2. The first kappa shape index (κ1) is 19.2. The van der Waals surface area contributed by atoms with Crippen LogP contribution in [0.2, 0.25) is 0 Å². The lowest BCUT2D eigenvalue weighted by molar-refractivity contribution is 0.0946. The molecule has 2 N–H and O–H groups in total. The van der Waals surface area contributed by atoms with Gasteiger partial charge in [0, 0.05) is 23.2 Å². The Labute approximate surface area is 162 Å². The molecule has 0 bridgehead atoms. The molecule has 1 saturated carbocycles. The highest BCUT2D eigenvalue weighted by molar-refractivity contribution is 7.09. The van der Waals surface area contributed by atoms with Gasteiger partial charge in [0.15, 0.2) is 0 Å². The molecule has 0 unspecified atom stereocenters. The summed E-state index contributed by atoms with van der Waals surface area (Å²) in [5.74, 6) is 0.590. The van der Waals surface area contributed by atoms with E-state index in [1.807, 2.05) is 13.8 Å². The molecule has 0 atom stereocenters. The van der Waals surface area contributed by atoms with Crippen molar-refractivity contribution in [1.82, 2.24) is 15.2 Å². The van der Waals surface area contributed by atoms with Crippen molar-refractivity contribution in [2.24, 2.45) is 0 Å². The lowest BCUT2D eigenvalue weighted by atomic mass is 10.3. The number of aromatic nitrogens is 1. The van der Waals surface area contributed by atoms with Gasteiger partial charge in [0.1, 0.15) is 16.5 Å². The van der Waals surface area contributed by atoms with Crippen molar-refractivity contribution in [2.45, 2.75) is 45.3 Å². The first-order valence-corrected chi connectivity index (χ1v) is 9.81. The minimum Gasteiger partial charge on any atom is -0.497 e. The number of thiazole rings is 1. The van der Waals surface area contributed by atoms with Crippen LogP contribution in [0.5, 0.6) is 5.75 Å². The second-order valence-corrected chi connectivity index (χ2v) is 7.70. The summed E-state index contributed by atoms with van der Waals surface area (Å²) in [6.07, 6.45) is 2.07. The van der Waals surface area contributed by atoms with Gasteiger partial charge in [-0.25, -0.2) is 9.78 Å². The van der Waals surface area contributed by atoms with Crippen LogP contribution in [-0.4, -0.2) is 41.0 Å². The number of anilines is 1. The van der Waals surface area contributed by atoms with Gasteiger partial charge in [-0.2, -0.15) is 0 Å². The van der Waals surface area contributed by atoms with Crippen molar-refractivity contribution >= 4 is 29.0 Å². The van der Waals surface area contributed by atoms with Gasteiger partial charge in [-0.3, -0.25) is 4.79 Å². The molecule has 0 radical (unpaired) electrons. The number of nitrogens with one attached hydrogen (secondary N) is 2. The normalized spacial score (nSPS) is 13.3. The second kappa shape index (κ2) is 8.39. The zero-order valence-electron chi connectivity index (χ0n) is 15.7. The monoisotopic (exact) mass is 388 g/mol. The summed E-state index contributed by atoms with van der Waals surface area (Å²) in [5, 5.41) is 8.29. The van der Waals surface area contributed by atoms with Crippen LogP contribution in [0.4, 0.5) is 10.5 Å². The molecule has 1 heterocycles. The quantitative estimate of drug-likeness (QED) is 0.761. The molecule has 3 rings (SSSR count). The third kappa shape index (κ3) is 5.19. The molecule has 2 aromatic rings. The fourth-order valence-corrected chi connectivity index (χ4v) is 3.25. The van der Waals surface area contributed by atoms with E-state index in [0.29, 0.717) is 24.0 Å². The van der Waals surface area contributed by atoms with Crippen LogP contribution in [0.3, 0.4) is 0 Å². The van der Waals surface area contributed by atoms with Gasteiger partial charge in [0.25, 0.3) is 5.91 Å². The number of rotatable bonds is 7. The van der Waals surface area contributed by atoms with E-state index < -0.39 is 0 Å². The van der Waals surface area contributed by atoms with Gasteiger partial charge in [-0.05, 0) is 51.0 Å². The van der Waals surface area contributed by atoms with Crippen molar-refractivity contribution in [3.8, 4) is 5.75 Å². The molecule has 8 heteroatoms. The van der Waals surface area contributed by atoms with Gasteiger partial charge in [-0.1, -0.05) is 0 Å². The van der Waals surface area contributed by atoms with Crippen LogP contribution in [0.15, 0.2) is 29.6 Å². The third-order valence-electron chi connectivity index (χ3n) is 4.23. The molecule has 0 aliphatic heterocycles. The molecule has 1 aromatic heterocycles. The number of benzene rings is 1. The molecular weight excluding hydrogens is 364 g/mol. The number of methoxy groups -OCH3 is 1. The molecule has 0 spiro atoms. The zero-order valence-corrected chi connectivity index (χ0v) is 16.5. The van der Waals surface area contributed by atoms with Crippen LogP contribution in [-0.2, 0) is 6.54 Å². The summed E-state index contributed by atoms with van der Waals surface area (Å²) in [5.41, 5.74) is 1.11. The van der Waals surface area contributed by atoms with Gasteiger partial charge in [0.05, 0.1) is 13.7 Å². The molecule has 1 aliphatic carbocycles. The predicted molar refractivity (Wildman–Crippen MR) is 105 cm³/mol. The highest BCUT2D eigenvalue weighted by Crippen LogP contribution is 2.21. The first-order valence-electron chi connectivity index (χ1n) is 8.93. The number of hydrogen-bond donors (Lipinski definition) is 2. The number of urea groups is 1. The lowest BCUT2D eigenvalue weighted by Crippen LogP contribution is -2.39. The van der Waals surface area contributed by atoms with Crippen LogP contribution in [0.25, 0.3) is 0 Å². The van der Waals surface area contributed by atoms with Crippen molar-refractivity contribution in [3.63, 3.8) is 0 Å². The van der Waals surface area contributed by atoms with E-state index in [4.69, 9.17) is 4.74 Å². The van der Waals surface area contributed by atoms with E-state index in [-0.39, 0.29) is 18.0 Å². The van der Waals surface area contributed by atoms with Crippen LogP contribution >= 0.6 is 11.3 Å². The second-order valence-electron chi connectivity index (χ2n) is 6.75. The van der Waals surface area contributed by atoms with E-state index in [9.17, 15) is 9.59 Å². The Bertz CT molecular complexity index is 800. The summed E-state index contributed by atoms with van der Waals surface area (Å²) in [6.45, 7) is 4.24. The Hall–Kier alpha value is -2.61. The van der Waals surface area contributed by atoms with Gasteiger partial charge >= 0.3 is 6.03 Å². The van der Waals surface area contributed by atoms with Gasteiger partial charge in [-0.15, -0.1) is 11.3 Å². The van der Waals surface area contributed by atoms with Crippen LogP contribution in [0.1, 0.15) is 42.2 Å². The number of amides is 3. The Balaban J connectivity index is 1.63. The summed E-state index contributed by atoms with van der Waals surface area (Å²) < 4.78 is 5.13. The highest BCUT2D eigenvalue weighted by Gasteiger charge is 2.25. The van der Waals surface area contributed by atoms with Crippen molar-refractivity contribution in [3.05, 3.63) is 40.3 Å². The Morgan fingerprint density at radius 3 is 2.59 bits per heavy atom. The highest BCUT2D eigenvalue weighted by atomic mass is 32.1. The molecule has 3 amide bonds. The molecule has 144 valence electrons.